The first kappa shape index (κ1) is 27.7. The third-order valence-corrected chi connectivity index (χ3v) is 8.18. The number of fused-ring (bicyclic) bond motifs is 2. The molecule has 0 bridgehead atoms. The van der Waals surface area contributed by atoms with Crippen LogP contribution in [0.5, 0.6) is 5.75 Å². The number of nitrogens with one attached hydrogen (secondary N) is 2. The number of hydrogen-bond acceptors (Lipinski definition) is 6. The van der Waals surface area contributed by atoms with Gasteiger partial charge >= 0.3 is 0 Å². The number of H-pyrrole nitrogens is 1. The Balaban J connectivity index is 1.40. The van der Waals surface area contributed by atoms with Crippen molar-refractivity contribution in [2.75, 3.05) is 38.6 Å². The second-order valence-electron chi connectivity index (χ2n) is 10.5. The van der Waals surface area contributed by atoms with Crippen LogP contribution in [0, 0.1) is 5.82 Å². The number of carbonyl (C=O) groups is 2. The summed E-state index contributed by atoms with van der Waals surface area (Å²) >= 11 is 4.62. The summed E-state index contributed by atoms with van der Waals surface area (Å²) in [5.74, 6) is 0.316. The fourth-order valence-corrected chi connectivity index (χ4v) is 6.09. The van der Waals surface area contributed by atoms with Crippen molar-refractivity contribution in [3.05, 3.63) is 83.3 Å². The molecule has 1 fully saturated rings. The van der Waals surface area contributed by atoms with Crippen LogP contribution in [0.4, 0.5) is 10.1 Å². The molecule has 42 heavy (non-hydrogen) atoms. The molecule has 6 rings (SSSR count). The largest absolute Gasteiger partial charge is 0.496 e. The number of nitrogens with zero attached hydrogens (tertiary/aromatic N) is 2. The summed E-state index contributed by atoms with van der Waals surface area (Å²) in [6, 6.07) is 17.2. The summed E-state index contributed by atoms with van der Waals surface area (Å²) in [6.07, 6.45) is 1.69. The van der Waals surface area contributed by atoms with Gasteiger partial charge in [-0.3, -0.25) is 9.59 Å². The van der Waals surface area contributed by atoms with Gasteiger partial charge in [-0.25, -0.2) is 4.39 Å². The van der Waals surface area contributed by atoms with Crippen LogP contribution in [0.25, 0.3) is 33.2 Å². The summed E-state index contributed by atoms with van der Waals surface area (Å²) in [5.41, 5.74) is 4.63. The van der Waals surface area contributed by atoms with Crippen molar-refractivity contribution in [3.63, 3.8) is 0 Å². The summed E-state index contributed by atoms with van der Waals surface area (Å²) in [6.45, 7) is 1.14. The molecule has 0 radical (unpaired) electrons. The van der Waals surface area contributed by atoms with Gasteiger partial charge < -0.3 is 28.7 Å². The number of anilines is 1. The molecule has 0 spiro atoms. The van der Waals surface area contributed by atoms with Gasteiger partial charge in [-0.1, -0.05) is 18.9 Å². The Morgan fingerprint density at radius 2 is 1.93 bits per heavy atom. The second-order valence-corrected chi connectivity index (χ2v) is 11.1. The van der Waals surface area contributed by atoms with E-state index >= 15 is 0 Å². The van der Waals surface area contributed by atoms with Crippen molar-refractivity contribution < 1.29 is 23.1 Å². The van der Waals surface area contributed by atoms with E-state index in [1.54, 1.807) is 30.6 Å². The van der Waals surface area contributed by atoms with Crippen LogP contribution in [0.3, 0.4) is 0 Å². The normalized spacial score (nSPS) is 15.3. The number of likely N-dealkylation sites (tertiary alicyclic amines) is 1. The minimum absolute atomic E-state index is 0.00248. The lowest BCUT2D eigenvalue weighted by molar-refractivity contribution is 0.0702. The number of rotatable bonds is 6. The number of amides is 2. The lowest BCUT2D eigenvalue weighted by atomic mass is 9.88. The molecule has 8 nitrogen and oxygen atoms in total. The van der Waals surface area contributed by atoms with Crippen LogP contribution < -0.4 is 14.4 Å². The number of thiol groups is 1. The van der Waals surface area contributed by atoms with E-state index in [2.05, 4.69) is 23.1 Å². The van der Waals surface area contributed by atoms with Gasteiger partial charge in [0.05, 0.1) is 18.4 Å². The zero-order chi connectivity index (χ0) is 29.5. The van der Waals surface area contributed by atoms with Crippen molar-refractivity contribution in [3.8, 4) is 17.1 Å². The number of aromatic nitrogens is 1. The third-order valence-electron chi connectivity index (χ3n) is 7.97. The SMILES string of the molecule is CNC(=O)c1c(-c2ccc(F)cc2)oc2cc(N(C)S)c([C@@H]3CCCN(C(=O)c4cc5c(OC)cccc5[nH]4)C3)cc12. The van der Waals surface area contributed by atoms with E-state index in [4.69, 9.17) is 9.15 Å². The van der Waals surface area contributed by atoms with E-state index in [0.717, 1.165) is 35.0 Å². The highest BCUT2D eigenvalue weighted by molar-refractivity contribution is 7.81. The number of piperidine rings is 1. The Hall–Kier alpha value is -4.44. The number of benzene rings is 3. The number of furan rings is 1. The van der Waals surface area contributed by atoms with E-state index in [1.165, 1.54) is 12.1 Å². The smallest absolute Gasteiger partial charge is 0.270 e. The number of carbonyl (C=O) groups excluding carboxylic acids is 2. The molecule has 1 atom stereocenters. The average molecular weight is 587 g/mol. The Kier molecular flexibility index (Phi) is 7.32. The Bertz CT molecular complexity index is 1810. The number of aromatic amines is 1. The number of halogens is 1. The fourth-order valence-electron chi connectivity index (χ4n) is 5.92. The predicted octanol–water partition coefficient (Wildman–Crippen LogP) is 6.39. The van der Waals surface area contributed by atoms with E-state index < -0.39 is 0 Å². The predicted molar refractivity (Wildman–Crippen MR) is 165 cm³/mol. The fraction of sp³-hybridized carbons (Fsp3) is 0.250. The van der Waals surface area contributed by atoms with Gasteiger partial charge in [0.2, 0.25) is 0 Å². The minimum Gasteiger partial charge on any atom is -0.496 e. The Morgan fingerprint density at radius 3 is 2.64 bits per heavy atom. The van der Waals surface area contributed by atoms with Crippen LogP contribution >= 0.6 is 12.8 Å². The Morgan fingerprint density at radius 1 is 1.14 bits per heavy atom. The minimum atomic E-state index is -0.374. The number of ether oxygens (including phenoxy) is 1. The quantitative estimate of drug-likeness (QED) is 0.201. The summed E-state index contributed by atoms with van der Waals surface area (Å²) < 4.78 is 27.1. The zero-order valence-electron chi connectivity index (χ0n) is 23.5. The lowest BCUT2D eigenvalue weighted by Gasteiger charge is -2.34. The molecule has 0 unspecified atom stereocenters. The summed E-state index contributed by atoms with van der Waals surface area (Å²) in [4.78, 5) is 31.9. The lowest BCUT2D eigenvalue weighted by Crippen LogP contribution is -2.39. The molecule has 3 aromatic carbocycles. The van der Waals surface area contributed by atoms with Crippen LogP contribution in [0.1, 0.15) is 45.2 Å². The Labute approximate surface area is 248 Å². The highest BCUT2D eigenvalue weighted by Gasteiger charge is 2.31. The molecule has 10 heteroatoms. The van der Waals surface area contributed by atoms with Gasteiger partial charge in [-0.15, -0.1) is 0 Å². The first-order chi connectivity index (χ1) is 20.3. The molecule has 5 aromatic rings. The number of hydrogen-bond donors (Lipinski definition) is 3. The number of methoxy groups -OCH3 is 1. The maximum Gasteiger partial charge on any atom is 0.270 e. The van der Waals surface area contributed by atoms with Crippen molar-refractivity contribution in [2.24, 2.45) is 0 Å². The second kappa shape index (κ2) is 11.1. The van der Waals surface area contributed by atoms with Crippen molar-refractivity contribution in [1.29, 1.82) is 0 Å². The van der Waals surface area contributed by atoms with Gasteiger partial charge in [0, 0.05) is 61.0 Å². The molecule has 2 N–H and O–H groups in total. The van der Waals surface area contributed by atoms with Gasteiger partial charge in [-0.2, -0.15) is 0 Å². The first-order valence-electron chi connectivity index (χ1n) is 13.7. The summed E-state index contributed by atoms with van der Waals surface area (Å²) in [7, 11) is 5.01. The van der Waals surface area contributed by atoms with Gasteiger partial charge in [0.15, 0.2) is 0 Å². The maximum absolute atomic E-state index is 13.7. The molecule has 1 saturated heterocycles. The molecule has 0 aliphatic carbocycles. The molecule has 1 aliphatic heterocycles. The molecule has 2 aromatic heterocycles. The van der Waals surface area contributed by atoms with E-state index in [1.807, 2.05) is 48.3 Å². The third kappa shape index (κ3) is 4.85. The van der Waals surface area contributed by atoms with Crippen molar-refractivity contribution in [1.82, 2.24) is 15.2 Å². The highest BCUT2D eigenvalue weighted by atomic mass is 32.1. The maximum atomic E-state index is 13.7. The van der Waals surface area contributed by atoms with Crippen LogP contribution in [0.15, 0.2) is 65.1 Å². The van der Waals surface area contributed by atoms with Crippen molar-refractivity contribution in [2.45, 2.75) is 18.8 Å². The molecular formula is C32H31FN4O4S. The topological polar surface area (TPSA) is 90.8 Å². The van der Waals surface area contributed by atoms with Crippen LogP contribution in [0.2, 0.25) is 0 Å². The molecule has 216 valence electrons. The monoisotopic (exact) mass is 586 g/mol. The molecule has 3 heterocycles. The van der Waals surface area contributed by atoms with E-state index in [0.29, 0.717) is 52.4 Å². The highest BCUT2D eigenvalue weighted by Crippen LogP contribution is 2.42. The molecule has 0 saturated carbocycles. The molecular weight excluding hydrogens is 555 g/mol. The zero-order valence-corrected chi connectivity index (χ0v) is 24.4. The molecule has 1 aliphatic rings. The average Bonchev–Trinajstić information content (AvgIpc) is 3.62. The van der Waals surface area contributed by atoms with E-state index in [-0.39, 0.29) is 23.5 Å². The van der Waals surface area contributed by atoms with Gasteiger partial charge in [-0.05, 0) is 66.9 Å². The van der Waals surface area contributed by atoms with Crippen LogP contribution in [-0.4, -0.2) is 56.0 Å². The van der Waals surface area contributed by atoms with Gasteiger partial charge in [0.25, 0.3) is 11.8 Å². The van der Waals surface area contributed by atoms with Gasteiger partial charge in [0.1, 0.15) is 28.6 Å². The summed E-state index contributed by atoms with van der Waals surface area (Å²) in [5, 5.41) is 4.22. The standard InChI is InChI=1S/C32H31FN4O4S/c1-34-31(38)29-23-14-21(26(36(2)42)16-28(23)41-30(29)18-9-11-20(33)12-10-18)19-6-5-13-37(17-19)32(39)25-15-22-24(35-25)7-4-8-27(22)40-3/h4,7-12,14-16,19,35,42H,5-6,13,17H2,1-3H3,(H,34,38)/t19-/m1/s1. The first-order valence-corrected chi connectivity index (χ1v) is 14.1. The van der Waals surface area contributed by atoms with E-state index in [9.17, 15) is 14.0 Å². The van der Waals surface area contributed by atoms with Crippen LogP contribution in [-0.2, 0) is 0 Å². The van der Waals surface area contributed by atoms with Crippen molar-refractivity contribution >= 4 is 52.2 Å². The molecule has 2 amide bonds.